The number of carbonyl (C=O) groups excluding carboxylic acids is 2. The normalized spacial score (nSPS) is 15.6. The molecule has 0 bridgehead atoms. The van der Waals surface area contributed by atoms with Crippen molar-refractivity contribution >= 4 is 17.6 Å². The first-order chi connectivity index (χ1) is 13.1. The molecule has 27 heavy (non-hydrogen) atoms. The first-order valence-corrected chi connectivity index (χ1v) is 9.65. The molecule has 1 fully saturated rings. The van der Waals surface area contributed by atoms with Crippen molar-refractivity contribution in [3.05, 3.63) is 65.7 Å². The number of nitrogens with one attached hydrogen (secondary N) is 3. The number of benzene rings is 2. The molecular formula is C22H27N3O2. The Labute approximate surface area is 160 Å². The van der Waals surface area contributed by atoms with Gasteiger partial charge < -0.3 is 16.0 Å². The molecule has 1 aliphatic carbocycles. The van der Waals surface area contributed by atoms with E-state index >= 15 is 0 Å². The van der Waals surface area contributed by atoms with Gasteiger partial charge in [0.15, 0.2) is 0 Å². The standard InChI is InChI=1S/C22H27N3O2/c1-16(17-8-4-2-5-9-17)23-21(26)18-12-14-20(15-13-18)25-22(27)24-19-10-6-3-7-11-19/h2,4-5,8-9,12-16,19H,3,6-7,10-11H2,1H3,(H,23,26)(H2,24,25,27). The van der Waals surface area contributed by atoms with Crippen LogP contribution in [0, 0.1) is 0 Å². The number of carbonyl (C=O) groups is 2. The molecule has 3 rings (SSSR count). The Morgan fingerprint density at radius 3 is 2.26 bits per heavy atom. The van der Waals surface area contributed by atoms with E-state index in [9.17, 15) is 9.59 Å². The lowest BCUT2D eigenvalue weighted by Crippen LogP contribution is -2.39. The first kappa shape index (κ1) is 19.0. The minimum atomic E-state index is -0.184. The van der Waals surface area contributed by atoms with Crippen molar-refractivity contribution in [3.8, 4) is 0 Å². The van der Waals surface area contributed by atoms with Gasteiger partial charge in [-0.3, -0.25) is 4.79 Å². The third-order valence-corrected chi connectivity index (χ3v) is 4.99. The van der Waals surface area contributed by atoms with E-state index in [1.165, 1.54) is 19.3 Å². The van der Waals surface area contributed by atoms with Crippen LogP contribution in [0.1, 0.15) is 61.0 Å². The molecule has 5 nitrogen and oxygen atoms in total. The van der Waals surface area contributed by atoms with Crippen molar-refractivity contribution in [2.45, 2.75) is 51.1 Å². The molecule has 3 N–H and O–H groups in total. The second-order valence-electron chi connectivity index (χ2n) is 7.12. The van der Waals surface area contributed by atoms with E-state index in [4.69, 9.17) is 0 Å². The summed E-state index contributed by atoms with van der Waals surface area (Å²) in [7, 11) is 0. The maximum absolute atomic E-state index is 12.4. The Bertz CT molecular complexity index is 753. The van der Waals surface area contributed by atoms with Gasteiger partial charge in [0.2, 0.25) is 0 Å². The third kappa shape index (κ3) is 5.58. The quantitative estimate of drug-likeness (QED) is 0.723. The van der Waals surface area contributed by atoms with Crippen LogP contribution in [0.2, 0.25) is 0 Å². The van der Waals surface area contributed by atoms with E-state index in [0.29, 0.717) is 11.3 Å². The highest BCUT2D eigenvalue weighted by Crippen LogP contribution is 2.18. The maximum Gasteiger partial charge on any atom is 0.319 e. The summed E-state index contributed by atoms with van der Waals surface area (Å²) in [6.07, 6.45) is 5.71. The van der Waals surface area contributed by atoms with E-state index in [1.54, 1.807) is 24.3 Å². The second-order valence-corrected chi connectivity index (χ2v) is 7.12. The average Bonchev–Trinajstić information content (AvgIpc) is 2.70. The molecule has 0 aliphatic heterocycles. The van der Waals surface area contributed by atoms with Crippen molar-refractivity contribution in [2.75, 3.05) is 5.32 Å². The highest BCUT2D eigenvalue weighted by Gasteiger charge is 2.16. The van der Waals surface area contributed by atoms with Crippen molar-refractivity contribution in [2.24, 2.45) is 0 Å². The van der Waals surface area contributed by atoms with Crippen LogP contribution in [0.4, 0.5) is 10.5 Å². The van der Waals surface area contributed by atoms with E-state index in [-0.39, 0.29) is 24.0 Å². The van der Waals surface area contributed by atoms with Crippen molar-refractivity contribution in [3.63, 3.8) is 0 Å². The van der Waals surface area contributed by atoms with Crippen LogP contribution in [0.3, 0.4) is 0 Å². The van der Waals surface area contributed by atoms with Crippen LogP contribution >= 0.6 is 0 Å². The average molecular weight is 365 g/mol. The topological polar surface area (TPSA) is 70.2 Å². The summed E-state index contributed by atoms with van der Waals surface area (Å²) in [4.78, 5) is 24.5. The van der Waals surface area contributed by atoms with Crippen molar-refractivity contribution < 1.29 is 9.59 Å². The number of urea groups is 1. The molecule has 2 aromatic carbocycles. The monoisotopic (exact) mass is 365 g/mol. The molecule has 3 amide bonds. The van der Waals surface area contributed by atoms with Gasteiger partial charge in [0.1, 0.15) is 0 Å². The zero-order chi connectivity index (χ0) is 19.1. The number of amides is 3. The van der Waals surface area contributed by atoms with Gasteiger partial charge in [-0.1, -0.05) is 49.6 Å². The minimum absolute atomic E-state index is 0.0715. The lowest BCUT2D eigenvalue weighted by Gasteiger charge is -2.22. The molecular weight excluding hydrogens is 338 g/mol. The fraction of sp³-hybridized carbons (Fsp3) is 0.364. The minimum Gasteiger partial charge on any atom is -0.346 e. The Hall–Kier alpha value is -2.82. The van der Waals surface area contributed by atoms with E-state index < -0.39 is 0 Å². The third-order valence-electron chi connectivity index (χ3n) is 4.99. The molecule has 0 aromatic heterocycles. The fourth-order valence-corrected chi connectivity index (χ4v) is 3.41. The number of hydrogen-bond donors (Lipinski definition) is 3. The van der Waals surface area contributed by atoms with Crippen molar-refractivity contribution in [1.29, 1.82) is 0 Å². The molecule has 0 saturated heterocycles. The van der Waals surface area contributed by atoms with Crippen molar-refractivity contribution in [1.82, 2.24) is 10.6 Å². The number of hydrogen-bond acceptors (Lipinski definition) is 2. The fourth-order valence-electron chi connectivity index (χ4n) is 3.41. The van der Waals surface area contributed by atoms with Crippen LogP contribution < -0.4 is 16.0 Å². The maximum atomic E-state index is 12.4. The summed E-state index contributed by atoms with van der Waals surface area (Å²) in [5.74, 6) is -0.135. The second kappa shape index (κ2) is 9.21. The molecule has 1 atom stereocenters. The predicted octanol–water partition coefficient (Wildman–Crippen LogP) is 4.63. The number of rotatable bonds is 5. The molecule has 1 saturated carbocycles. The van der Waals surface area contributed by atoms with Gasteiger partial charge in [-0.2, -0.15) is 0 Å². The largest absolute Gasteiger partial charge is 0.346 e. The molecule has 142 valence electrons. The molecule has 0 heterocycles. The smallest absolute Gasteiger partial charge is 0.319 e. The Morgan fingerprint density at radius 2 is 1.59 bits per heavy atom. The van der Waals surface area contributed by atoms with Gasteiger partial charge in [0.05, 0.1) is 6.04 Å². The highest BCUT2D eigenvalue weighted by atomic mass is 16.2. The van der Waals surface area contributed by atoms with Gasteiger partial charge in [-0.15, -0.1) is 0 Å². The lowest BCUT2D eigenvalue weighted by molar-refractivity contribution is 0.0940. The van der Waals surface area contributed by atoms with Gasteiger partial charge in [0.25, 0.3) is 5.91 Å². The molecule has 5 heteroatoms. The van der Waals surface area contributed by atoms with E-state index in [2.05, 4.69) is 16.0 Å². The summed E-state index contributed by atoms with van der Waals surface area (Å²) in [6.45, 7) is 1.96. The Balaban J connectivity index is 1.51. The van der Waals surface area contributed by atoms with Gasteiger partial charge in [-0.05, 0) is 49.6 Å². The molecule has 1 aliphatic rings. The number of anilines is 1. The van der Waals surface area contributed by atoms with Gasteiger partial charge in [0, 0.05) is 17.3 Å². The Morgan fingerprint density at radius 1 is 0.926 bits per heavy atom. The zero-order valence-electron chi connectivity index (χ0n) is 15.7. The highest BCUT2D eigenvalue weighted by molar-refractivity contribution is 5.95. The van der Waals surface area contributed by atoms with Gasteiger partial charge in [-0.25, -0.2) is 4.79 Å². The lowest BCUT2D eigenvalue weighted by atomic mass is 9.96. The molecule has 0 spiro atoms. The first-order valence-electron chi connectivity index (χ1n) is 9.65. The van der Waals surface area contributed by atoms with Crippen LogP contribution in [0.15, 0.2) is 54.6 Å². The SMILES string of the molecule is CC(NC(=O)c1ccc(NC(=O)NC2CCCCC2)cc1)c1ccccc1. The summed E-state index contributed by atoms with van der Waals surface area (Å²) >= 11 is 0. The summed E-state index contributed by atoms with van der Waals surface area (Å²) in [5, 5.41) is 8.85. The molecule has 2 aromatic rings. The predicted molar refractivity (Wildman–Crippen MR) is 108 cm³/mol. The van der Waals surface area contributed by atoms with Gasteiger partial charge >= 0.3 is 6.03 Å². The summed E-state index contributed by atoms with van der Waals surface area (Å²) < 4.78 is 0. The zero-order valence-corrected chi connectivity index (χ0v) is 15.7. The van der Waals surface area contributed by atoms with E-state index in [1.807, 2.05) is 37.3 Å². The van der Waals surface area contributed by atoms with Crippen LogP contribution in [-0.4, -0.2) is 18.0 Å². The summed E-state index contributed by atoms with van der Waals surface area (Å²) in [6, 6.07) is 16.8. The van der Waals surface area contributed by atoms with E-state index in [0.717, 1.165) is 18.4 Å². The van der Waals surface area contributed by atoms with Crippen LogP contribution in [0.5, 0.6) is 0 Å². The summed E-state index contributed by atoms with van der Waals surface area (Å²) in [5.41, 5.74) is 2.30. The Kier molecular flexibility index (Phi) is 6.47. The molecule has 1 unspecified atom stereocenters. The van der Waals surface area contributed by atoms with Crippen LogP contribution in [-0.2, 0) is 0 Å². The van der Waals surface area contributed by atoms with Crippen LogP contribution in [0.25, 0.3) is 0 Å². The molecule has 0 radical (unpaired) electrons.